The van der Waals surface area contributed by atoms with Crippen LogP contribution in [0.25, 0.3) is 0 Å². The Bertz CT molecular complexity index is 727. The summed E-state index contributed by atoms with van der Waals surface area (Å²) in [6.45, 7) is 5.18. The molecule has 1 aromatic rings. The molecule has 25 heavy (non-hydrogen) atoms. The van der Waals surface area contributed by atoms with Crippen molar-refractivity contribution in [1.82, 2.24) is 10.3 Å². The minimum Gasteiger partial charge on any atom is -0.444 e. The smallest absolute Gasteiger partial charge is 0.407 e. The monoisotopic (exact) mass is 357 g/mol. The van der Waals surface area contributed by atoms with Gasteiger partial charge in [-0.1, -0.05) is 0 Å². The highest BCUT2D eigenvalue weighted by molar-refractivity contribution is 6.05. The molecule has 136 valence electrons. The van der Waals surface area contributed by atoms with Gasteiger partial charge in [-0.3, -0.25) is 9.69 Å². The van der Waals surface area contributed by atoms with E-state index in [1.165, 1.54) is 0 Å². The van der Waals surface area contributed by atoms with Crippen LogP contribution >= 0.6 is 0 Å². The van der Waals surface area contributed by atoms with E-state index in [2.05, 4.69) is 10.3 Å². The lowest BCUT2D eigenvalue weighted by atomic mass is 9.85. The topological polar surface area (TPSA) is 71.5 Å². The minimum absolute atomic E-state index is 0.225. The summed E-state index contributed by atoms with van der Waals surface area (Å²) in [6, 6.07) is -0.182. The Labute approximate surface area is 142 Å². The molecule has 1 aromatic heterocycles. The van der Waals surface area contributed by atoms with Gasteiger partial charge in [-0.05, 0) is 39.7 Å². The van der Waals surface area contributed by atoms with Crippen LogP contribution < -0.4 is 10.2 Å². The van der Waals surface area contributed by atoms with Crippen molar-refractivity contribution in [2.24, 2.45) is 0 Å². The maximum absolute atomic E-state index is 14.1. The number of carbonyl (C=O) groups is 2. The molecular weight excluding hydrogens is 339 g/mol. The minimum atomic E-state index is -3.80. The number of amides is 2. The summed E-state index contributed by atoms with van der Waals surface area (Å²) in [6.07, 6.45) is 0.781. The van der Waals surface area contributed by atoms with Crippen LogP contribution in [0.15, 0.2) is 12.3 Å². The maximum atomic E-state index is 14.1. The van der Waals surface area contributed by atoms with Gasteiger partial charge in [0, 0.05) is 12.1 Å². The molecule has 0 saturated heterocycles. The number of alkyl carbamates (subject to hydrolysis) is 1. The summed E-state index contributed by atoms with van der Waals surface area (Å²) in [5, 5.41) is 2.63. The maximum Gasteiger partial charge on any atom is 0.407 e. The second-order valence-corrected chi connectivity index (χ2v) is 7.24. The number of carbonyl (C=O) groups excluding carboxylic acids is 2. The van der Waals surface area contributed by atoms with Gasteiger partial charge >= 0.3 is 17.9 Å². The number of anilines is 1. The van der Waals surface area contributed by atoms with E-state index in [1.807, 2.05) is 0 Å². The number of hydrogen-bond donors (Lipinski definition) is 1. The Morgan fingerprint density at radius 3 is 2.64 bits per heavy atom. The summed E-state index contributed by atoms with van der Waals surface area (Å²) in [5.41, 5.74) is -1.37. The molecule has 0 radical (unpaired) electrons. The SMILES string of the molecule is CC(C)(C)OC(=O)NC1CC(N2C(=O)C(F)(F)c3cc(F)cnc32)C1. The number of fused-ring (bicyclic) bond motifs is 1. The molecule has 6 nitrogen and oxygen atoms in total. The Hall–Kier alpha value is -2.32. The largest absolute Gasteiger partial charge is 0.444 e. The first-order valence-electron chi connectivity index (χ1n) is 7.86. The number of pyridine rings is 1. The number of aromatic nitrogens is 1. The zero-order valence-electron chi connectivity index (χ0n) is 14.0. The molecule has 9 heteroatoms. The second-order valence-electron chi connectivity index (χ2n) is 7.24. The molecule has 2 amide bonds. The van der Waals surface area contributed by atoms with Crippen molar-refractivity contribution in [3.05, 3.63) is 23.6 Å². The van der Waals surface area contributed by atoms with Crippen LogP contribution in [0.2, 0.25) is 0 Å². The van der Waals surface area contributed by atoms with Crippen LogP contribution in [-0.2, 0) is 15.5 Å². The van der Waals surface area contributed by atoms with E-state index in [4.69, 9.17) is 4.74 Å². The predicted octanol–water partition coefficient (Wildman–Crippen LogP) is 2.71. The van der Waals surface area contributed by atoms with Gasteiger partial charge in [0.15, 0.2) is 0 Å². The number of nitrogens with zero attached hydrogens (tertiary/aromatic N) is 2. The molecule has 3 rings (SSSR count). The van der Waals surface area contributed by atoms with Crippen LogP contribution in [0.3, 0.4) is 0 Å². The van der Waals surface area contributed by atoms with Crippen LogP contribution in [0, 0.1) is 5.82 Å². The molecule has 0 atom stereocenters. The van der Waals surface area contributed by atoms with Crippen LogP contribution in [-0.4, -0.2) is 34.7 Å². The molecule has 2 aliphatic rings. The van der Waals surface area contributed by atoms with Crippen molar-refractivity contribution < 1.29 is 27.5 Å². The molecule has 0 bridgehead atoms. The Balaban J connectivity index is 1.68. The predicted molar refractivity (Wildman–Crippen MR) is 81.8 cm³/mol. The van der Waals surface area contributed by atoms with E-state index in [-0.39, 0.29) is 11.9 Å². The van der Waals surface area contributed by atoms with Gasteiger partial charge in [-0.25, -0.2) is 14.2 Å². The third kappa shape index (κ3) is 3.14. The van der Waals surface area contributed by atoms with Crippen LogP contribution in [0.4, 0.5) is 23.8 Å². The molecule has 1 N–H and O–H groups in total. The van der Waals surface area contributed by atoms with Crippen molar-refractivity contribution in [2.45, 2.75) is 57.2 Å². The molecule has 0 spiro atoms. The van der Waals surface area contributed by atoms with Crippen LogP contribution in [0.1, 0.15) is 39.2 Å². The second kappa shape index (κ2) is 5.60. The third-order valence-electron chi connectivity index (χ3n) is 4.09. The quantitative estimate of drug-likeness (QED) is 0.883. The number of hydrogen-bond acceptors (Lipinski definition) is 4. The summed E-state index contributed by atoms with van der Waals surface area (Å²) in [7, 11) is 0. The Morgan fingerprint density at radius 1 is 1.40 bits per heavy atom. The standard InChI is InChI=1S/C16H18F3N3O3/c1-15(2,3)25-14(24)21-9-5-10(6-9)22-12-11(4-8(17)7-20-12)16(18,19)13(22)23/h4,7,9-10H,5-6H2,1-3H3,(H,21,24). The molecule has 1 saturated carbocycles. The lowest BCUT2D eigenvalue weighted by Gasteiger charge is -2.41. The van der Waals surface area contributed by atoms with E-state index in [0.717, 1.165) is 11.1 Å². The first-order chi connectivity index (χ1) is 11.5. The lowest BCUT2D eigenvalue weighted by Crippen LogP contribution is -2.56. The first kappa shape index (κ1) is 17.5. The molecular formula is C16H18F3N3O3. The van der Waals surface area contributed by atoms with Crippen molar-refractivity contribution in [2.75, 3.05) is 4.90 Å². The van der Waals surface area contributed by atoms with Crippen molar-refractivity contribution in [1.29, 1.82) is 0 Å². The van der Waals surface area contributed by atoms with E-state index in [9.17, 15) is 22.8 Å². The zero-order chi connectivity index (χ0) is 18.6. The van der Waals surface area contributed by atoms with Gasteiger partial charge < -0.3 is 10.1 Å². The number of ether oxygens (including phenoxy) is 1. The molecule has 1 fully saturated rings. The highest BCUT2D eigenvalue weighted by Crippen LogP contribution is 2.46. The highest BCUT2D eigenvalue weighted by Gasteiger charge is 2.57. The number of rotatable bonds is 2. The van der Waals surface area contributed by atoms with E-state index < -0.39 is 40.9 Å². The summed E-state index contributed by atoms with van der Waals surface area (Å²) in [4.78, 5) is 28.3. The molecule has 2 heterocycles. The molecule has 1 aliphatic heterocycles. The van der Waals surface area contributed by atoms with Gasteiger partial charge in [0.25, 0.3) is 0 Å². The summed E-state index contributed by atoms with van der Waals surface area (Å²) in [5.74, 6) is -6.36. The fraction of sp³-hybridized carbons (Fsp3) is 0.562. The third-order valence-corrected chi connectivity index (χ3v) is 4.09. The van der Waals surface area contributed by atoms with Gasteiger partial charge in [0.1, 0.15) is 17.2 Å². The average molecular weight is 357 g/mol. The van der Waals surface area contributed by atoms with E-state index in [1.54, 1.807) is 20.8 Å². The highest BCUT2D eigenvalue weighted by atomic mass is 19.3. The van der Waals surface area contributed by atoms with Gasteiger partial charge in [-0.2, -0.15) is 8.78 Å². The molecule has 1 aliphatic carbocycles. The van der Waals surface area contributed by atoms with Crippen LogP contribution in [0.5, 0.6) is 0 Å². The van der Waals surface area contributed by atoms with Crippen molar-refractivity contribution in [3.63, 3.8) is 0 Å². The normalized spacial score (nSPS) is 24.6. The number of nitrogens with one attached hydrogen (secondary N) is 1. The molecule has 0 unspecified atom stereocenters. The number of alkyl halides is 2. The summed E-state index contributed by atoms with van der Waals surface area (Å²) < 4.78 is 46.5. The van der Waals surface area contributed by atoms with Crippen molar-refractivity contribution in [3.8, 4) is 0 Å². The fourth-order valence-electron chi connectivity index (χ4n) is 2.95. The zero-order valence-corrected chi connectivity index (χ0v) is 14.0. The number of halogens is 3. The van der Waals surface area contributed by atoms with Crippen molar-refractivity contribution >= 4 is 17.8 Å². The fourth-order valence-corrected chi connectivity index (χ4v) is 2.95. The van der Waals surface area contributed by atoms with Gasteiger partial charge in [-0.15, -0.1) is 0 Å². The lowest BCUT2D eigenvalue weighted by molar-refractivity contribution is -0.142. The van der Waals surface area contributed by atoms with Gasteiger partial charge in [0.2, 0.25) is 0 Å². The molecule has 0 aromatic carbocycles. The summed E-state index contributed by atoms with van der Waals surface area (Å²) >= 11 is 0. The average Bonchev–Trinajstić information content (AvgIpc) is 2.61. The Kier molecular flexibility index (Phi) is 3.92. The first-order valence-corrected chi connectivity index (χ1v) is 7.86. The van der Waals surface area contributed by atoms with E-state index >= 15 is 0 Å². The Morgan fingerprint density at radius 2 is 2.04 bits per heavy atom. The van der Waals surface area contributed by atoms with Gasteiger partial charge in [0.05, 0.1) is 11.8 Å². The van der Waals surface area contributed by atoms with E-state index in [0.29, 0.717) is 18.9 Å².